The average Bonchev–Trinajstić information content (AvgIpc) is 2.37. The van der Waals surface area contributed by atoms with Crippen LogP contribution >= 0.6 is 0 Å². The van der Waals surface area contributed by atoms with Crippen LogP contribution in [0.5, 0.6) is 5.75 Å². The number of hydrogen-bond donors (Lipinski definition) is 2. The zero-order valence-electron chi connectivity index (χ0n) is 12.0. The molecule has 19 heavy (non-hydrogen) atoms. The second kappa shape index (κ2) is 8.15. The van der Waals surface area contributed by atoms with Gasteiger partial charge in [-0.2, -0.15) is 0 Å². The standard InChI is InChI=1S/C15H25NO3/c1-12(2)19-15-6-4-13(5-7-15)8-9-16(3)10-14(18)11-17/h4-7,12,14,17-18H,8-11H2,1-3H3. The fourth-order valence-corrected chi connectivity index (χ4v) is 1.84. The molecule has 108 valence electrons. The molecule has 0 heterocycles. The Kier molecular flexibility index (Phi) is 6.84. The van der Waals surface area contributed by atoms with Gasteiger partial charge in [0.25, 0.3) is 0 Å². The van der Waals surface area contributed by atoms with E-state index in [1.54, 1.807) is 0 Å². The molecule has 1 rings (SSSR count). The van der Waals surface area contributed by atoms with E-state index in [1.807, 2.05) is 37.9 Å². The monoisotopic (exact) mass is 267 g/mol. The number of aliphatic hydroxyl groups excluding tert-OH is 2. The Morgan fingerprint density at radius 2 is 1.84 bits per heavy atom. The highest BCUT2D eigenvalue weighted by atomic mass is 16.5. The van der Waals surface area contributed by atoms with Gasteiger partial charge in [0, 0.05) is 13.1 Å². The van der Waals surface area contributed by atoms with Gasteiger partial charge in [0.05, 0.1) is 18.8 Å². The van der Waals surface area contributed by atoms with Crippen molar-refractivity contribution in [3.8, 4) is 5.75 Å². The normalized spacial score (nSPS) is 13.0. The summed E-state index contributed by atoms with van der Waals surface area (Å²) in [6, 6.07) is 8.10. The maximum absolute atomic E-state index is 9.34. The maximum atomic E-state index is 9.34. The number of hydrogen-bond acceptors (Lipinski definition) is 4. The molecule has 2 N–H and O–H groups in total. The minimum Gasteiger partial charge on any atom is -0.491 e. The van der Waals surface area contributed by atoms with Crippen LogP contribution in [-0.4, -0.2) is 54.1 Å². The van der Waals surface area contributed by atoms with E-state index in [2.05, 4.69) is 12.1 Å². The fourth-order valence-electron chi connectivity index (χ4n) is 1.84. The van der Waals surface area contributed by atoms with Gasteiger partial charge >= 0.3 is 0 Å². The molecule has 0 saturated carbocycles. The molecule has 0 aliphatic heterocycles. The molecule has 0 radical (unpaired) electrons. The molecular weight excluding hydrogens is 242 g/mol. The fraction of sp³-hybridized carbons (Fsp3) is 0.600. The number of aliphatic hydroxyl groups is 2. The van der Waals surface area contributed by atoms with Gasteiger partial charge in [-0.1, -0.05) is 12.1 Å². The smallest absolute Gasteiger partial charge is 0.119 e. The predicted octanol–water partition coefficient (Wildman–Crippen LogP) is 1.30. The lowest BCUT2D eigenvalue weighted by molar-refractivity contribution is 0.0669. The van der Waals surface area contributed by atoms with Crippen LogP contribution in [0.3, 0.4) is 0 Å². The van der Waals surface area contributed by atoms with E-state index in [4.69, 9.17) is 9.84 Å². The third-order valence-electron chi connectivity index (χ3n) is 2.81. The van der Waals surface area contributed by atoms with Gasteiger partial charge in [0.15, 0.2) is 0 Å². The Bertz CT molecular complexity index is 351. The average molecular weight is 267 g/mol. The summed E-state index contributed by atoms with van der Waals surface area (Å²) < 4.78 is 5.59. The van der Waals surface area contributed by atoms with Gasteiger partial charge in [-0.25, -0.2) is 0 Å². The van der Waals surface area contributed by atoms with Crippen LogP contribution in [0, 0.1) is 0 Å². The van der Waals surface area contributed by atoms with Gasteiger partial charge in [0.2, 0.25) is 0 Å². The zero-order chi connectivity index (χ0) is 14.3. The molecule has 1 atom stereocenters. The highest BCUT2D eigenvalue weighted by molar-refractivity contribution is 5.27. The first-order chi connectivity index (χ1) is 9.01. The lowest BCUT2D eigenvalue weighted by Crippen LogP contribution is -2.32. The lowest BCUT2D eigenvalue weighted by atomic mass is 10.1. The molecule has 0 spiro atoms. The van der Waals surface area contributed by atoms with Crippen molar-refractivity contribution in [3.05, 3.63) is 29.8 Å². The van der Waals surface area contributed by atoms with Gasteiger partial charge in [-0.3, -0.25) is 0 Å². The topological polar surface area (TPSA) is 52.9 Å². The van der Waals surface area contributed by atoms with Gasteiger partial charge in [-0.05, 0) is 45.0 Å². The van der Waals surface area contributed by atoms with E-state index in [0.717, 1.165) is 18.7 Å². The van der Waals surface area contributed by atoms with Crippen molar-refractivity contribution in [2.45, 2.75) is 32.5 Å². The first-order valence-electron chi connectivity index (χ1n) is 6.74. The van der Waals surface area contributed by atoms with Crippen molar-refractivity contribution in [1.82, 2.24) is 4.90 Å². The number of benzene rings is 1. The van der Waals surface area contributed by atoms with E-state index in [-0.39, 0.29) is 12.7 Å². The summed E-state index contributed by atoms with van der Waals surface area (Å²) in [5, 5.41) is 18.1. The molecule has 0 aliphatic rings. The highest BCUT2D eigenvalue weighted by Crippen LogP contribution is 2.14. The molecule has 0 fully saturated rings. The summed E-state index contributed by atoms with van der Waals surface area (Å²) in [5.41, 5.74) is 1.24. The van der Waals surface area contributed by atoms with Crippen molar-refractivity contribution >= 4 is 0 Å². The Morgan fingerprint density at radius 1 is 1.21 bits per heavy atom. The number of rotatable bonds is 8. The minimum atomic E-state index is -0.660. The van der Waals surface area contributed by atoms with Crippen LogP contribution in [0.1, 0.15) is 19.4 Å². The molecule has 1 aromatic carbocycles. The van der Waals surface area contributed by atoms with Crippen molar-refractivity contribution < 1.29 is 14.9 Å². The molecule has 1 unspecified atom stereocenters. The number of ether oxygens (including phenoxy) is 1. The van der Waals surface area contributed by atoms with Crippen LogP contribution in [0.15, 0.2) is 24.3 Å². The van der Waals surface area contributed by atoms with Gasteiger partial charge in [-0.15, -0.1) is 0 Å². The molecule has 1 aromatic rings. The minimum absolute atomic E-state index is 0.189. The number of likely N-dealkylation sites (N-methyl/N-ethyl adjacent to an activating group) is 1. The molecule has 0 aromatic heterocycles. The molecule has 0 amide bonds. The van der Waals surface area contributed by atoms with Crippen molar-refractivity contribution in [1.29, 1.82) is 0 Å². The second-order valence-electron chi connectivity index (χ2n) is 5.16. The highest BCUT2D eigenvalue weighted by Gasteiger charge is 2.06. The summed E-state index contributed by atoms with van der Waals surface area (Å²) in [6.45, 7) is 5.17. The Balaban J connectivity index is 2.37. The predicted molar refractivity (Wildman–Crippen MR) is 76.5 cm³/mol. The van der Waals surface area contributed by atoms with E-state index in [1.165, 1.54) is 5.56 Å². The van der Waals surface area contributed by atoms with E-state index < -0.39 is 6.10 Å². The molecule has 0 aliphatic carbocycles. The summed E-state index contributed by atoms with van der Waals surface area (Å²) in [7, 11) is 1.94. The van der Waals surface area contributed by atoms with Crippen molar-refractivity contribution in [2.75, 3.05) is 26.7 Å². The van der Waals surface area contributed by atoms with Gasteiger partial charge in [0.1, 0.15) is 5.75 Å². The molecular formula is C15H25NO3. The van der Waals surface area contributed by atoms with Crippen LogP contribution in [-0.2, 0) is 6.42 Å². The zero-order valence-corrected chi connectivity index (χ0v) is 12.0. The van der Waals surface area contributed by atoms with Crippen molar-refractivity contribution in [2.24, 2.45) is 0 Å². The molecule has 4 nitrogen and oxygen atoms in total. The van der Waals surface area contributed by atoms with Crippen LogP contribution in [0.4, 0.5) is 0 Å². The molecule has 0 bridgehead atoms. The summed E-state index contributed by atoms with van der Waals surface area (Å²) >= 11 is 0. The third-order valence-corrected chi connectivity index (χ3v) is 2.81. The van der Waals surface area contributed by atoms with E-state index in [0.29, 0.717) is 6.54 Å². The lowest BCUT2D eigenvalue weighted by Gasteiger charge is -2.19. The summed E-state index contributed by atoms with van der Waals surface area (Å²) in [5.74, 6) is 0.891. The largest absolute Gasteiger partial charge is 0.491 e. The van der Waals surface area contributed by atoms with Crippen LogP contribution in [0.25, 0.3) is 0 Å². The summed E-state index contributed by atoms with van der Waals surface area (Å²) in [6.07, 6.45) is 0.445. The first-order valence-corrected chi connectivity index (χ1v) is 6.74. The second-order valence-corrected chi connectivity index (χ2v) is 5.16. The SMILES string of the molecule is CC(C)Oc1ccc(CCN(C)CC(O)CO)cc1. The van der Waals surface area contributed by atoms with Crippen LogP contribution < -0.4 is 4.74 Å². The third kappa shape index (κ3) is 6.57. The Morgan fingerprint density at radius 3 is 2.37 bits per heavy atom. The van der Waals surface area contributed by atoms with Crippen LogP contribution in [0.2, 0.25) is 0 Å². The van der Waals surface area contributed by atoms with Crippen molar-refractivity contribution in [3.63, 3.8) is 0 Å². The first kappa shape index (κ1) is 16.0. The quantitative estimate of drug-likeness (QED) is 0.745. The Hall–Kier alpha value is -1.10. The Labute approximate surface area is 115 Å². The molecule has 0 saturated heterocycles. The number of nitrogens with zero attached hydrogens (tertiary/aromatic N) is 1. The van der Waals surface area contributed by atoms with E-state index >= 15 is 0 Å². The van der Waals surface area contributed by atoms with E-state index in [9.17, 15) is 5.11 Å². The summed E-state index contributed by atoms with van der Waals surface area (Å²) in [4.78, 5) is 2.01. The van der Waals surface area contributed by atoms with Gasteiger partial charge < -0.3 is 19.8 Å². The maximum Gasteiger partial charge on any atom is 0.119 e. The molecule has 4 heteroatoms.